The van der Waals surface area contributed by atoms with Gasteiger partial charge in [0, 0.05) is 10.9 Å². The zero-order chi connectivity index (χ0) is 22.3. The molecule has 5 heteroatoms. The van der Waals surface area contributed by atoms with E-state index in [0.717, 1.165) is 33.5 Å². The minimum Gasteiger partial charge on any atom is -0.487 e. The van der Waals surface area contributed by atoms with Gasteiger partial charge in [-0.3, -0.25) is 0 Å². The van der Waals surface area contributed by atoms with Crippen LogP contribution in [0.1, 0.15) is 23.7 Å². The number of ether oxygens (including phenoxy) is 2. The average Bonchev–Trinajstić information content (AvgIpc) is 2.82. The molecule has 0 saturated carbocycles. The number of hydrogen-bond donors (Lipinski definition) is 1. The molecule has 160 valence electrons. The first-order chi connectivity index (χ1) is 15.6. The lowest BCUT2D eigenvalue weighted by molar-refractivity contribution is -0.144. The van der Waals surface area contributed by atoms with Crippen molar-refractivity contribution in [1.29, 1.82) is 0 Å². The Labute approximate surface area is 186 Å². The zero-order valence-electron chi connectivity index (χ0n) is 17.6. The molecule has 4 rings (SSSR count). The van der Waals surface area contributed by atoms with Crippen LogP contribution in [-0.4, -0.2) is 22.2 Å². The Morgan fingerprint density at radius 1 is 0.938 bits per heavy atom. The third kappa shape index (κ3) is 5.32. The van der Waals surface area contributed by atoms with E-state index in [9.17, 15) is 4.79 Å². The van der Waals surface area contributed by atoms with E-state index in [2.05, 4.69) is 4.98 Å². The predicted molar refractivity (Wildman–Crippen MR) is 126 cm³/mol. The summed E-state index contributed by atoms with van der Waals surface area (Å²) in [6, 6.07) is 27.1. The fourth-order valence-electron chi connectivity index (χ4n) is 3.17. The van der Waals surface area contributed by atoms with Crippen LogP contribution in [0, 0.1) is 0 Å². The highest BCUT2D eigenvalue weighted by atomic mass is 16.5. The van der Waals surface area contributed by atoms with Gasteiger partial charge in [-0.05, 0) is 42.8 Å². The molecule has 0 aliphatic carbocycles. The lowest BCUT2D eigenvalue weighted by Crippen LogP contribution is -2.23. The smallest absolute Gasteiger partial charge is 0.344 e. The highest BCUT2D eigenvalue weighted by Gasteiger charge is 2.13. The Bertz CT molecular complexity index is 1250. The molecule has 0 aliphatic rings. The molecule has 0 saturated heterocycles. The van der Waals surface area contributed by atoms with E-state index in [4.69, 9.17) is 14.6 Å². The van der Waals surface area contributed by atoms with Crippen molar-refractivity contribution in [3.63, 3.8) is 0 Å². The lowest BCUT2D eigenvalue weighted by atomic mass is 10.1. The molecule has 1 unspecified atom stereocenters. The number of para-hydroxylation sites is 2. The summed E-state index contributed by atoms with van der Waals surface area (Å²) in [5, 5.41) is 10.2. The molecule has 0 aliphatic heterocycles. The van der Waals surface area contributed by atoms with E-state index in [1.807, 2.05) is 91.0 Å². The number of hydrogen-bond acceptors (Lipinski definition) is 4. The van der Waals surface area contributed by atoms with E-state index < -0.39 is 12.1 Å². The number of rotatable bonds is 8. The zero-order valence-corrected chi connectivity index (χ0v) is 17.6. The summed E-state index contributed by atoms with van der Waals surface area (Å²) < 4.78 is 11.4. The van der Waals surface area contributed by atoms with Crippen LogP contribution >= 0.6 is 0 Å². The fourth-order valence-corrected chi connectivity index (χ4v) is 3.17. The van der Waals surface area contributed by atoms with Gasteiger partial charge in [-0.25, -0.2) is 9.78 Å². The molecule has 1 N–H and O–H groups in total. The van der Waals surface area contributed by atoms with Crippen molar-refractivity contribution in [2.45, 2.75) is 19.6 Å². The summed E-state index contributed by atoms with van der Waals surface area (Å²) in [6.45, 7) is 1.90. The summed E-state index contributed by atoms with van der Waals surface area (Å²) in [4.78, 5) is 15.7. The van der Waals surface area contributed by atoms with E-state index in [-0.39, 0.29) is 0 Å². The number of carboxylic acid groups (broad SMARTS) is 1. The minimum atomic E-state index is -1.00. The average molecular weight is 425 g/mol. The van der Waals surface area contributed by atoms with E-state index in [1.165, 1.54) is 6.92 Å². The topological polar surface area (TPSA) is 68.7 Å². The number of pyridine rings is 1. The van der Waals surface area contributed by atoms with Crippen LogP contribution in [0.5, 0.6) is 11.5 Å². The molecule has 0 spiro atoms. The van der Waals surface area contributed by atoms with Gasteiger partial charge in [0.25, 0.3) is 0 Å². The standard InChI is InChI=1S/C27H23NO4/c1-19(27(29)30)32-26-9-5-3-7-22(26)13-10-20-11-16-24(17-12-20)31-18-23-15-14-21-6-2-4-8-25(21)28-23/h2-17,19H,18H2,1H3,(H,29,30)/b13-10-. The summed E-state index contributed by atoms with van der Waals surface area (Å²) in [7, 11) is 0. The largest absolute Gasteiger partial charge is 0.487 e. The highest BCUT2D eigenvalue weighted by Crippen LogP contribution is 2.23. The number of aliphatic carboxylic acids is 1. The normalized spacial score (nSPS) is 12.0. The molecule has 0 radical (unpaired) electrons. The maximum atomic E-state index is 11.1. The summed E-state index contributed by atoms with van der Waals surface area (Å²) in [5.74, 6) is 0.288. The van der Waals surface area contributed by atoms with Gasteiger partial charge >= 0.3 is 5.97 Å². The van der Waals surface area contributed by atoms with Crippen LogP contribution in [0.2, 0.25) is 0 Å². The Morgan fingerprint density at radius 3 is 2.50 bits per heavy atom. The van der Waals surface area contributed by atoms with Crippen LogP contribution in [0.25, 0.3) is 23.1 Å². The first-order valence-electron chi connectivity index (χ1n) is 10.3. The SMILES string of the molecule is CC(Oc1ccccc1/C=C\c1ccc(OCc2ccc3ccccc3n2)cc1)C(=O)O. The van der Waals surface area contributed by atoms with Gasteiger partial charge in [0.1, 0.15) is 18.1 Å². The molecule has 4 aromatic rings. The van der Waals surface area contributed by atoms with Crippen molar-refractivity contribution in [3.05, 3.63) is 102 Å². The molecular weight excluding hydrogens is 402 g/mol. The number of aromatic nitrogens is 1. The Kier molecular flexibility index (Phi) is 6.46. The third-order valence-corrected chi connectivity index (χ3v) is 4.95. The molecule has 1 atom stereocenters. The second-order valence-corrected chi connectivity index (χ2v) is 7.32. The molecule has 1 aromatic heterocycles. The maximum Gasteiger partial charge on any atom is 0.344 e. The molecule has 3 aromatic carbocycles. The first-order valence-corrected chi connectivity index (χ1v) is 10.3. The second-order valence-electron chi connectivity index (χ2n) is 7.32. The van der Waals surface area contributed by atoms with Gasteiger partial charge in [0.15, 0.2) is 6.10 Å². The van der Waals surface area contributed by atoms with E-state index >= 15 is 0 Å². The summed E-state index contributed by atoms with van der Waals surface area (Å²) >= 11 is 0. The number of carboxylic acids is 1. The van der Waals surface area contributed by atoms with Gasteiger partial charge in [-0.2, -0.15) is 0 Å². The first kappa shape index (κ1) is 21.1. The second kappa shape index (κ2) is 9.79. The molecule has 0 fully saturated rings. The van der Waals surface area contributed by atoms with Crippen molar-refractivity contribution >= 4 is 29.0 Å². The van der Waals surface area contributed by atoms with Gasteiger partial charge in [-0.1, -0.05) is 66.7 Å². The van der Waals surface area contributed by atoms with Crippen LogP contribution in [0.3, 0.4) is 0 Å². The fraction of sp³-hybridized carbons (Fsp3) is 0.111. The van der Waals surface area contributed by atoms with Gasteiger partial charge in [0.2, 0.25) is 0 Å². The Hall–Kier alpha value is -4.12. The number of nitrogens with zero attached hydrogens (tertiary/aromatic N) is 1. The van der Waals surface area contributed by atoms with Crippen LogP contribution in [-0.2, 0) is 11.4 Å². The van der Waals surface area contributed by atoms with E-state index in [1.54, 1.807) is 6.07 Å². The predicted octanol–water partition coefficient (Wildman–Crippen LogP) is 5.84. The quantitative estimate of drug-likeness (QED) is 0.359. The maximum absolute atomic E-state index is 11.1. The minimum absolute atomic E-state index is 0.395. The Morgan fingerprint density at radius 2 is 1.69 bits per heavy atom. The van der Waals surface area contributed by atoms with Crippen LogP contribution in [0.15, 0.2) is 84.9 Å². The molecule has 0 amide bonds. The van der Waals surface area contributed by atoms with Crippen LogP contribution < -0.4 is 9.47 Å². The molecule has 1 heterocycles. The molecule has 32 heavy (non-hydrogen) atoms. The Balaban J connectivity index is 1.39. The summed E-state index contributed by atoms with van der Waals surface area (Å²) in [5.41, 5.74) is 3.63. The number of fused-ring (bicyclic) bond motifs is 1. The molecular formula is C27H23NO4. The van der Waals surface area contributed by atoms with Gasteiger partial charge in [-0.15, -0.1) is 0 Å². The monoisotopic (exact) mass is 425 g/mol. The van der Waals surface area contributed by atoms with Crippen molar-refractivity contribution in [3.8, 4) is 11.5 Å². The highest BCUT2D eigenvalue weighted by molar-refractivity contribution is 5.78. The van der Waals surface area contributed by atoms with Crippen molar-refractivity contribution < 1.29 is 19.4 Å². The number of benzene rings is 3. The van der Waals surface area contributed by atoms with E-state index in [0.29, 0.717) is 12.4 Å². The van der Waals surface area contributed by atoms with Gasteiger partial charge < -0.3 is 14.6 Å². The van der Waals surface area contributed by atoms with Crippen LogP contribution in [0.4, 0.5) is 0 Å². The van der Waals surface area contributed by atoms with Crippen molar-refractivity contribution in [2.75, 3.05) is 0 Å². The lowest BCUT2D eigenvalue weighted by Gasteiger charge is -2.12. The molecule has 5 nitrogen and oxygen atoms in total. The van der Waals surface area contributed by atoms with Crippen molar-refractivity contribution in [2.24, 2.45) is 0 Å². The van der Waals surface area contributed by atoms with Gasteiger partial charge in [0.05, 0.1) is 11.2 Å². The number of carbonyl (C=O) groups is 1. The van der Waals surface area contributed by atoms with Crippen molar-refractivity contribution in [1.82, 2.24) is 4.98 Å². The third-order valence-electron chi connectivity index (χ3n) is 4.95. The molecule has 0 bridgehead atoms. The summed E-state index contributed by atoms with van der Waals surface area (Å²) in [6.07, 6.45) is 2.93.